The fourth-order valence-corrected chi connectivity index (χ4v) is 2.84. The summed E-state index contributed by atoms with van der Waals surface area (Å²) >= 11 is 6.14. The lowest BCUT2D eigenvalue weighted by molar-refractivity contribution is 0.0740. The lowest BCUT2D eigenvalue weighted by atomic mass is 10.2. The molecular formula is C19H14ClN3O3. The Balaban J connectivity index is 1.52. The number of fused-ring (bicyclic) bond motifs is 1. The molecule has 0 aliphatic rings. The van der Waals surface area contributed by atoms with Crippen LogP contribution in [0.1, 0.15) is 16.4 Å². The van der Waals surface area contributed by atoms with E-state index in [1.54, 1.807) is 25.2 Å². The van der Waals surface area contributed by atoms with Crippen molar-refractivity contribution in [3.05, 3.63) is 71.3 Å². The molecule has 0 fully saturated rings. The van der Waals surface area contributed by atoms with Gasteiger partial charge in [-0.15, -0.1) is 0 Å². The quantitative estimate of drug-likeness (QED) is 0.534. The zero-order valence-corrected chi connectivity index (χ0v) is 14.6. The Labute approximate surface area is 154 Å². The molecule has 130 valence electrons. The summed E-state index contributed by atoms with van der Waals surface area (Å²) in [6, 6.07) is 16.4. The van der Waals surface area contributed by atoms with Crippen molar-refractivity contribution in [3.63, 3.8) is 0 Å². The summed E-state index contributed by atoms with van der Waals surface area (Å²) in [4.78, 5) is 18.3. The first-order chi connectivity index (χ1) is 12.6. The molecule has 0 saturated heterocycles. The molecule has 0 atom stereocenters. The van der Waals surface area contributed by atoms with E-state index in [2.05, 4.69) is 10.1 Å². The molecule has 0 bridgehead atoms. The van der Waals surface area contributed by atoms with E-state index < -0.39 is 0 Å². The number of amides is 1. The van der Waals surface area contributed by atoms with E-state index >= 15 is 0 Å². The Hall–Kier alpha value is -3.12. The van der Waals surface area contributed by atoms with E-state index in [1.807, 2.05) is 36.4 Å². The van der Waals surface area contributed by atoms with Gasteiger partial charge in [-0.3, -0.25) is 4.79 Å². The van der Waals surface area contributed by atoms with E-state index in [-0.39, 0.29) is 18.2 Å². The fourth-order valence-electron chi connectivity index (χ4n) is 2.62. The van der Waals surface area contributed by atoms with E-state index in [0.717, 1.165) is 5.39 Å². The summed E-state index contributed by atoms with van der Waals surface area (Å²) < 4.78 is 10.8. The first-order valence-corrected chi connectivity index (χ1v) is 8.31. The van der Waals surface area contributed by atoms with Gasteiger partial charge in [-0.1, -0.05) is 47.1 Å². The molecule has 0 aliphatic heterocycles. The van der Waals surface area contributed by atoms with Gasteiger partial charge in [0.1, 0.15) is 12.1 Å². The maximum atomic E-state index is 12.6. The Bertz CT molecular complexity index is 1050. The van der Waals surface area contributed by atoms with Crippen molar-refractivity contribution in [3.8, 4) is 11.4 Å². The molecule has 0 N–H and O–H groups in total. The summed E-state index contributed by atoms with van der Waals surface area (Å²) in [5, 5.41) is 5.35. The molecule has 0 aliphatic carbocycles. The van der Waals surface area contributed by atoms with Gasteiger partial charge >= 0.3 is 0 Å². The van der Waals surface area contributed by atoms with Gasteiger partial charge in [-0.25, -0.2) is 0 Å². The van der Waals surface area contributed by atoms with Crippen molar-refractivity contribution in [1.29, 1.82) is 0 Å². The number of benzene rings is 2. The van der Waals surface area contributed by atoms with E-state index in [9.17, 15) is 4.79 Å². The number of carbonyl (C=O) groups excluding carboxylic acids is 1. The highest BCUT2D eigenvalue weighted by Gasteiger charge is 2.20. The molecule has 0 spiro atoms. The smallest absolute Gasteiger partial charge is 0.289 e. The summed E-state index contributed by atoms with van der Waals surface area (Å²) in [6.45, 7) is 0.160. The number of furan rings is 1. The molecule has 0 saturated carbocycles. The SMILES string of the molecule is CN(Cc1nc(-c2ccccc2Cl)no1)C(=O)c1cc2ccccc2o1. The molecule has 0 radical (unpaired) electrons. The van der Waals surface area contributed by atoms with Crippen LogP contribution in [0.3, 0.4) is 0 Å². The van der Waals surface area contributed by atoms with Crippen LogP contribution in [0.4, 0.5) is 0 Å². The third-order valence-electron chi connectivity index (χ3n) is 3.94. The minimum Gasteiger partial charge on any atom is -0.451 e. The minimum atomic E-state index is -0.265. The van der Waals surface area contributed by atoms with Crippen molar-refractivity contribution in [2.24, 2.45) is 0 Å². The maximum absolute atomic E-state index is 12.6. The average Bonchev–Trinajstić information content (AvgIpc) is 3.28. The van der Waals surface area contributed by atoms with E-state index in [0.29, 0.717) is 27.9 Å². The number of hydrogen-bond donors (Lipinski definition) is 0. The molecule has 2 heterocycles. The Morgan fingerprint density at radius 3 is 2.73 bits per heavy atom. The summed E-state index contributed by atoms with van der Waals surface area (Å²) in [7, 11) is 1.65. The molecule has 26 heavy (non-hydrogen) atoms. The number of hydrogen-bond acceptors (Lipinski definition) is 5. The van der Waals surface area contributed by atoms with Gasteiger partial charge in [-0.2, -0.15) is 4.98 Å². The van der Waals surface area contributed by atoms with Crippen LogP contribution in [-0.4, -0.2) is 28.0 Å². The van der Waals surface area contributed by atoms with Gasteiger partial charge < -0.3 is 13.8 Å². The lowest BCUT2D eigenvalue weighted by Gasteiger charge is -2.12. The van der Waals surface area contributed by atoms with Crippen LogP contribution < -0.4 is 0 Å². The average molecular weight is 368 g/mol. The molecule has 0 unspecified atom stereocenters. The zero-order valence-electron chi connectivity index (χ0n) is 13.8. The number of halogens is 1. The maximum Gasteiger partial charge on any atom is 0.289 e. The highest BCUT2D eigenvalue weighted by atomic mass is 35.5. The number of para-hydroxylation sites is 1. The van der Waals surface area contributed by atoms with E-state index in [4.69, 9.17) is 20.5 Å². The van der Waals surface area contributed by atoms with Gasteiger partial charge in [0.25, 0.3) is 5.91 Å². The molecule has 7 heteroatoms. The van der Waals surface area contributed by atoms with Crippen molar-refractivity contribution in [1.82, 2.24) is 15.0 Å². The normalized spacial score (nSPS) is 11.0. The van der Waals surface area contributed by atoms with Crippen LogP contribution in [0.15, 0.2) is 63.5 Å². The number of rotatable bonds is 4. The molecule has 4 rings (SSSR count). The molecule has 2 aromatic carbocycles. The first-order valence-electron chi connectivity index (χ1n) is 7.93. The Morgan fingerprint density at radius 1 is 1.15 bits per heavy atom. The lowest BCUT2D eigenvalue weighted by Crippen LogP contribution is -2.25. The van der Waals surface area contributed by atoms with Gasteiger partial charge in [0.15, 0.2) is 5.76 Å². The molecule has 2 aromatic heterocycles. The Morgan fingerprint density at radius 2 is 1.92 bits per heavy atom. The van der Waals surface area contributed by atoms with E-state index in [1.165, 1.54) is 4.90 Å². The van der Waals surface area contributed by atoms with Gasteiger partial charge in [0.05, 0.1) is 5.02 Å². The van der Waals surface area contributed by atoms with Crippen LogP contribution in [-0.2, 0) is 6.54 Å². The second-order valence-corrected chi connectivity index (χ2v) is 6.21. The molecule has 1 amide bonds. The second-order valence-electron chi connectivity index (χ2n) is 5.80. The Kier molecular flexibility index (Phi) is 4.18. The molecule has 4 aromatic rings. The fraction of sp³-hybridized carbons (Fsp3) is 0.105. The third-order valence-corrected chi connectivity index (χ3v) is 4.27. The van der Waals surface area contributed by atoms with Gasteiger partial charge in [0.2, 0.25) is 11.7 Å². The number of aromatic nitrogens is 2. The van der Waals surface area contributed by atoms with Crippen LogP contribution in [0.2, 0.25) is 5.02 Å². The zero-order chi connectivity index (χ0) is 18.1. The topological polar surface area (TPSA) is 72.4 Å². The third kappa shape index (κ3) is 3.07. The van der Waals surface area contributed by atoms with Crippen molar-refractivity contribution >= 4 is 28.5 Å². The van der Waals surface area contributed by atoms with Gasteiger partial charge in [0, 0.05) is 18.0 Å². The summed E-state index contributed by atoms with van der Waals surface area (Å²) in [6.07, 6.45) is 0. The summed E-state index contributed by atoms with van der Waals surface area (Å²) in [5.74, 6) is 0.695. The van der Waals surface area contributed by atoms with Crippen LogP contribution in [0, 0.1) is 0 Å². The standard InChI is InChI=1S/C19H14ClN3O3/c1-23(19(24)16-10-12-6-2-5-9-15(12)25-16)11-17-21-18(22-26-17)13-7-3-4-8-14(13)20/h2-10H,11H2,1H3. The first kappa shape index (κ1) is 16.4. The highest BCUT2D eigenvalue weighted by molar-refractivity contribution is 6.33. The highest BCUT2D eigenvalue weighted by Crippen LogP contribution is 2.25. The van der Waals surface area contributed by atoms with Crippen LogP contribution in [0.25, 0.3) is 22.4 Å². The van der Waals surface area contributed by atoms with Crippen molar-refractivity contribution < 1.29 is 13.7 Å². The predicted molar refractivity (Wildman–Crippen MR) is 96.8 cm³/mol. The number of nitrogens with zero attached hydrogens (tertiary/aromatic N) is 3. The molecular weight excluding hydrogens is 354 g/mol. The summed E-state index contributed by atoms with van der Waals surface area (Å²) in [5.41, 5.74) is 1.35. The molecule has 6 nitrogen and oxygen atoms in total. The minimum absolute atomic E-state index is 0.160. The monoisotopic (exact) mass is 367 g/mol. The number of carbonyl (C=O) groups is 1. The largest absolute Gasteiger partial charge is 0.451 e. The van der Waals surface area contributed by atoms with Crippen molar-refractivity contribution in [2.45, 2.75) is 6.54 Å². The predicted octanol–water partition coefficient (Wildman–Crippen LogP) is 4.41. The van der Waals surface area contributed by atoms with Crippen LogP contribution in [0.5, 0.6) is 0 Å². The second kappa shape index (κ2) is 6.65. The van der Waals surface area contributed by atoms with Crippen LogP contribution >= 0.6 is 11.6 Å². The van der Waals surface area contributed by atoms with Gasteiger partial charge in [-0.05, 0) is 24.3 Å². The van der Waals surface area contributed by atoms with Crippen molar-refractivity contribution in [2.75, 3.05) is 7.05 Å².